The van der Waals surface area contributed by atoms with Gasteiger partial charge in [0.2, 0.25) is 0 Å². The highest BCUT2D eigenvalue weighted by Gasteiger charge is 2.37. The average Bonchev–Trinajstić information content (AvgIpc) is 2.07. The van der Waals surface area contributed by atoms with Crippen molar-refractivity contribution < 1.29 is 0 Å². The Morgan fingerprint density at radius 1 is 1.50 bits per heavy atom. The Balaban J connectivity index is 0.000000500. The van der Waals surface area contributed by atoms with Crippen molar-refractivity contribution >= 4 is 12.4 Å². The maximum atomic E-state index is 3.59. The van der Waals surface area contributed by atoms with E-state index in [-0.39, 0.29) is 12.4 Å². The van der Waals surface area contributed by atoms with Crippen LogP contribution in [0.3, 0.4) is 0 Å². The van der Waals surface area contributed by atoms with Gasteiger partial charge in [0, 0.05) is 5.54 Å². The van der Waals surface area contributed by atoms with E-state index >= 15 is 0 Å². The molecule has 10 heavy (non-hydrogen) atoms. The smallest absolute Gasteiger partial charge is 0.0156 e. The Bertz CT molecular complexity index is 122. The summed E-state index contributed by atoms with van der Waals surface area (Å²) in [7, 11) is 0. The lowest BCUT2D eigenvalue weighted by Crippen LogP contribution is -2.36. The molecule has 2 rings (SSSR count). The van der Waals surface area contributed by atoms with Crippen LogP contribution in [0, 0.1) is 5.92 Å². The van der Waals surface area contributed by atoms with Gasteiger partial charge in [-0.05, 0) is 38.6 Å². The first-order chi connectivity index (χ1) is 4.29. The lowest BCUT2D eigenvalue weighted by molar-refractivity contribution is 0.308. The summed E-state index contributed by atoms with van der Waals surface area (Å²) in [5.41, 5.74) is 0.545. The average molecular weight is 162 g/mol. The van der Waals surface area contributed by atoms with Gasteiger partial charge in [0.1, 0.15) is 0 Å². The van der Waals surface area contributed by atoms with Crippen LogP contribution in [-0.2, 0) is 0 Å². The molecule has 2 bridgehead atoms. The number of halogens is 1. The summed E-state index contributed by atoms with van der Waals surface area (Å²) in [5, 5.41) is 3.59. The number of fused-ring (bicyclic) bond motifs is 2. The SMILES string of the molecule is CC12CCCC(CN1)C2.Cl. The van der Waals surface area contributed by atoms with Crippen molar-refractivity contribution in [1.82, 2.24) is 5.32 Å². The molecule has 0 aromatic rings. The summed E-state index contributed by atoms with van der Waals surface area (Å²) in [6.45, 7) is 3.66. The Labute approximate surface area is 69.0 Å². The van der Waals surface area contributed by atoms with Gasteiger partial charge in [-0.2, -0.15) is 0 Å². The van der Waals surface area contributed by atoms with E-state index in [2.05, 4.69) is 12.2 Å². The molecule has 0 aromatic heterocycles. The zero-order chi connectivity index (χ0) is 6.32. The highest BCUT2D eigenvalue weighted by Crippen LogP contribution is 2.36. The van der Waals surface area contributed by atoms with E-state index in [0.29, 0.717) is 5.54 Å². The predicted octanol–water partition coefficient (Wildman–Crippen LogP) is 1.96. The van der Waals surface area contributed by atoms with Crippen LogP contribution >= 0.6 is 12.4 Å². The number of rotatable bonds is 0. The zero-order valence-corrected chi connectivity index (χ0v) is 7.34. The van der Waals surface area contributed by atoms with E-state index in [9.17, 15) is 0 Å². The molecule has 2 atom stereocenters. The van der Waals surface area contributed by atoms with Crippen LogP contribution < -0.4 is 5.32 Å². The predicted molar refractivity (Wildman–Crippen MR) is 45.6 cm³/mol. The molecule has 0 spiro atoms. The minimum Gasteiger partial charge on any atom is -0.311 e. The van der Waals surface area contributed by atoms with Crippen LogP contribution in [0.5, 0.6) is 0 Å². The summed E-state index contributed by atoms with van der Waals surface area (Å²) in [6, 6.07) is 0. The molecular weight excluding hydrogens is 146 g/mol. The molecule has 1 nitrogen and oxygen atoms in total. The van der Waals surface area contributed by atoms with Gasteiger partial charge >= 0.3 is 0 Å². The van der Waals surface area contributed by atoms with Crippen LogP contribution in [-0.4, -0.2) is 12.1 Å². The Hall–Kier alpha value is 0.250. The molecule has 0 aromatic carbocycles. The molecule has 0 radical (unpaired) electrons. The van der Waals surface area contributed by atoms with Gasteiger partial charge in [0.05, 0.1) is 0 Å². The fraction of sp³-hybridized carbons (Fsp3) is 1.00. The van der Waals surface area contributed by atoms with Crippen molar-refractivity contribution in [3.63, 3.8) is 0 Å². The van der Waals surface area contributed by atoms with Gasteiger partial charge in [-0.15, -0.1) is 12.4 Å². The van der Waals surface area contributed by atoms with E-state index in [4.69, 9.17) is 0 Å². The number of hydrogen-bond acceptors (Lipinski definition) is 1. The highest BCUT2D eigenvalue weighted by molar-refractivity contribution is 5.85. The minimum absolute atomic E-state index is 0. The van der Waals surface area contributed by atoms with Gasteiger partial charge in [0.15, 0.2) is 0 Å². The molecule has 2 aliphatic rings. The first kappa shape index (κ1) is 8.35. The lowest BCUT2D eigenvalue weighted by Gasteiger charge is -2.28. The molecule has 1 saturated heterocycles. The summed E-state index contributed by atoms with van der Waals surface area (Å²) in [5.74, 6) is 1.02. The first-order valence-electron chi connectivity index (χ1n) is 4.04. The first-order valence-corrected chi connectivity index (χ1v) is 4.04. The molecule has 0 amide bonds. The fourth-order valence-electron chi connectivity index (χ4n) is 2.35. The Morgan fingerprint density at radius 2 is 2.30 bits per heavy atom. The second-order valence-electron chi connectivity index (χ2n) is 3.90. The summed E-state index contributed by atoms with van der Waals surface area (Å²) in [4.78, 5) is 0. The Kier molecular flexibility index (Phi) is 2.26. The van der Waals surface area contributed by atoms with Crippen LogP contribution in [0.4, 0.5) is 0 Å². The zero-order valence-electron chi connectivity index (χ0n) is 6.52. The highest BCUT2D eigenvalue weighted by atomic mass is 35.5. The summed E-state index contributed by atoms with van der Waals surface area (Å²) < 4.78 is 0. The normalized spacial score (nSPS) is 44.7. The molecule has 1 aliphatic carbocycles. The third kappa shape index (κ3) is 1.30. The second kappa shape index (κ2) is 2.71. The van der Waals surface area contributed by atoms with Crippen LogP contribution in [0.25, 0.3) is 0 Å². The maximum Gasteiger partial charge on any atom is 0.0156 e. The van der Waals surface area contributed by atoms with Crippen LogP contribution in [0.15, 0.2) is 0 Å². The van der Waals surface area contributed by atoms with Crippen molar-refractivity contribution in [2.75, 3.05) is 6.54 Å². The van der Waals surface area contributed by atoms with E-state index in [1.807, 2.05) is 0 Å². The minimum atomic E-state index is 0. The van der Waals surface area contributed by atoms with Gasteiger partial charge in [0.25, 0.3) is 0 Å². The van der Waals surface area contributed by atoms with E-state index in [0.717, 1.165) is 5.92 Å². The summed E-state index contributed by atoms with van der Waals surface area (Å²) in [6.07, 6.45) is 5.77. The molecule has 60 valence electrons. The quantitative estimate of drug-likeness (QED) is 0.573. The van der Waals surface area contributed by atoms with Crippen LogP contribution in [0.2, 0.25) is 0 Å². The van der Waals surface area contributed by atoms with Gasteiger partial charge in [-0.3, -0.25) is 0 Å². The van der Waals surface area contributed by atoms with Crippen LogP contribution in [0.1, 0.15) is 32.6 Å². The molecule has 2 heteroatoms. The van der Waals surface area contributed by atoms with Gasteiger partial charge in [-0.25, -0.2) is 0 Å². The van der Waals surface area contributed by atoms with Crippen molar-refractivity contribution in [3.8, 4) is 0 Å². The number of nitrogens with one attached hydrogen (secondary N) is 1. The topological polar surface area (TPSA) is 12.0 Å². The molecule has 2 unspecified atom stereocenters. The molecule has 2 fully saturated rings. The van der Waals surface area contributed by atoms with Gasteiger partial charge < -0.3 is 5.32 Å². The molecular formula is C8H16ClN. The van der Waals surface area contributed by atoms with E-state index in [1.54, 1.807) is 0 Å². The van der Waals surface area contributed by atoms with E-state index in [1.165, 1.54) is 32.2 Å². The maximum absolute atomic E-state index is 3.59. The Morgan fingerprint density at radius 3 is 2.90 bits per heavy atom. The van der Waals surface area contributed by atoms with Gasteiger partial charge in [-0.1, -0.05) is 6.42 Å². The molecule has 1 N–H and O–H groups in total. The standard InChI is InChI=1S/C8H15N.ClH/c1-8-4-2-3-7(5-8)6-9-8;/h7,9H,2-6H2,1H3;1H. The fourth-order valence-corrected chi connectivity index (χ4v) is 2.35. The molecule has 1 heterocycles. The monoisotopic (exact) mass is 161 g/mol. The third-order valence-electron chi connectivity index (χ3n) is 2.90. The van der Waals surface area contributed by atoms with Crippen molar-refractivity contribution in [1.29, 1.82) is 0 Å². The second-order valence-corrected chi connectivity index (χ2v) is 3.90. The number of hydrogen-bond donors (Lipinski definition) is 1. The van der Waals surface area contributed by atoms with Crippen molar-refractivity contribution in [2.24, 2.45) is 5.92 Å². The molecule has 1 aliphatic heterocycles. The third-order valence-corrected chi connectivity index (χ3v) is 2.90. The summed E-state index contributed by atoms with van der Waals surface area (Å²) >= 11 is 0. The van der Waals surface area contributed by atoms with Crippen molar-refractivity contribution in [2.45, 2.75) is 38.1 Å². The van der Waals surface area contributed by atoms with Crippen molar-refractivity contribution in [3.05, 3.63) is 0 Å². The van der Waals surface area contributed by atoms with E-state index < -0.39 is 0 Å². The molecule has 1 saturated carbocycles. The largest absolute Gasteiger partial charge is 0.311 e. The lowest BCUT2D eigenvalue weighted by atomic mass is 9.82.